The minimum absolute atomic E-state index is 0. The Bertz CT molecular complexity index is 553. The third-order valence-corrected chi connectivity index (χ3v) is 4.59. The lowest BCUT2D eigenvalue weighted by atomic mass is 10.2. The molecular weight excluding hydrogens is 363 g/mol. The number of ether oxygens (including phenoxy) is 2. The summed E-state index contributed by atoms with van der Waals surface area (Å²) in [5.41, 5.74) is 0. The number of carbonyl (C=O) groups excluding carboxylic acids is 1. The summed E-state index contributed by atoms with van der Waals surface area (Å²) in [6, 6.07) is 5.19. The molecule has 0 aromatic heterocycles. The highest BCUT2D eigenvalue weighted by Crippen LogP contribution is 2.28. The first-order valence-electron chi connectivity index (χ1n) is 7.36. The summed E-state index contributed by atoms with van der Waals surface area (Å²) in [5.74, 6) is 0.705. The molecule has 1 aromatic carbocycles. The lowest BCUT2D eigenvalue weighted by molar-refractivity contribution is -0.144. The third kappa shape index (κ3) is 4.64. The number of halogens is 3. The van der Waals surface area contributed by atoms with Crippen LogP contribution in [0.4, 0.5) is 0 Å². The second kappa shape index (κ2) is 8.40. The highest BCUT2D eigenvalue weighted by Gasteiger charge is 2.33. The Morgan fingerprint density at radius 1 is 1.35 bits per heavy atom. The van der Waals surface area contributed by atoms with Gasteiger partial charge < -0.3 is 19.7 Å². The summed E-state index contributed by atoms with van der Waals surface area (Å²) in [7, 11) is 0. The first-order valence-corrected chi connectivity index (χ1v) is 8.12. The van der Waals surface area contributed by atoms with E-state index < -0.39 is 0 Å². The highest BCUT2D eigenvalue weighted by atomic mass is 35.5. The van der Waals surface area contributed by atoms with Gasteiger partial charge in [-0.2, -0.15) is 0 Å². The van der Waals surface area contributed by atoms with Crippen LogP contribution < -0.4 is 10.1 Å². The molecule has 2 aliphatic rings. The van der Waals surface area contributed by atoms with E-state index in [0.717, 1.165) is 13.0 Å². The maximum Gasteiger partial charge on any atom is 0.253 e. The van der Waals surface area contributed by atoms with Crippen molar-refractivity contribution in [3.05, 3.63) is 28.2 Å². The van der Waals surface area contributed by atoms with Gasteiger partial charge in [0.05, 0.1) is 23.2 Å². The molecule has 1 amide bonds. The van der Waals surface area contributed by atoms with E-state index in [9.17, 15) is 4.79 Å². The molecule has 128 valence electrons. The first kappa shape index (κ1) is 18.6. The Labute approximate surface area is 151 Å². The smallest absolute Gasteiger partial charge is 0.253 e. The number of rotatable bonds is 3. The van der Waals surface area contributed by atoms with E-state index in [-0.39, 0.29) is 30.5 Å². The van der Waals surface area contributed by atoms with E-state index in [4.69, 9.17) is 32.7 Å². The summed E-state index contributed by atoms with van der Waals surface area (Å²) in [5, 5.41) is 4.13. The number of hydrogen-bond donors (Lipinski definition) is 1. The van der Waals surface area contributed by atoms with Gasteiger partial charge in [0.15, 0.2) is 0 Å². The van der Waals surface area contributed by atoms with Crippen LogP contribution in [0.1, 0.15) is 6.42 Å². The predicted molar refractivity (Wildman–Crippen MR) is 91.9 cm³/mol. The molecule has 0 radical (unpaired) electrons. The fourth-order valence-corrected chi connectivity index (χ4v) is 2.98. The van der Waals surface area contributed by atoms with Crippen LogP contribution in [-0.2, 0) is 9.53 Å². The van der Waals surface area contributed by atoms with Crippen molar-refractivity contribution in [1.29, 1.82) is 0 Å². The molecule has 2 atom stereocenters. The summed E-state index contributed by atoms with van der Waals surface area (Å²) in [4.78, 5) is 14.2. The Kier molecular flexibility index (Phi) is 6.80. The predicted octanol–water partition coefficient (Wildman–Crippen LogP) is 2.38. The zero-order valence-corrected chi connectivity index (χ0v) is 14.8. The van der Waals surface area contributed by atoms with Gasteiger partial charge >= 0.3 is 0 Å². The minimum atomic E-state index is -0.377. The van der Waals surface area contributed by atoms with Gasteiger partial charge in [-0.3, -0.25) is 4.79 Å². The maximum atomic E-state index is 12.4. The van der Waals surface area contributed by atoms with E-state index in [1.54, 1.807) is 23.1 Å². The van der Waals surface area contributed by atoms with Crippen molar-refractivity contribution >= 4 is 41.5 Å². The van der Waals surface area contributed by atoms with Crippen LogP contribution in [-0.4, -0.2) is 55.8 Å². The topological polar surface area (TPSA) is 50.8 Å². The van der Waals surface area contributed by atoms with Gasteiger partial charge in [0.25, 0.3) is 5.91 Å². The normalized spacial score (nSPS) is 24.2. The molecule has 3 rings (SSSR count). The molecule has 2 fully saturated rings. The summed E-state index contributed by atoms with van der Waals surface area (Å²) in [6.45, 7) is 3.21. The largest absolute Gasteiger partial charge is 0.488 e. The van der Waals surface area contributed by atoms with E-state index in [1.165, 1.54) is 0 Å². The number of nitrogens with one attached hydrogen (secondary N) is 1. The Balaban J connectivity index is 0.00000192. The number of nitrogens with zero attached hydrogens (tertiary/aromatic N) is 1. The van der Waals surface area contributed by atoms with Crippen LogP contribution in [0.15, 0.2) is 18.2 Å². The molecule has 2 saturated heterocycles. The van der Waals surface area contributed by atoms with Crippen molar-refractivity contribution < 1.29 is 14.3 Å². The number of amides is 1. The first-order chi connectivity index (χ1) is 10.6. The summed E-state index contributed by atoms with van der Waals surface area (Å²) >= 11 is 11.9. The molecule has 8 heteroatoms. The molecule has 0 saturated carbocycles. The molecule has 5 nitrogen and oxygen atoms in total. The molecule has 2 unspecified atom stereocenters. The number of carbonyl (C=O) groups is 1. The molecule has 1 N–H and O–H groups in total. The van der Waals surface area contributed by atoms with E-state index in [0.29, 0.717) is 42.0 Å². The molecule has 2 heterocycles. The van der Waals surface area contributed by atoms with E-state index in [2.05, 4.69) is 5.32 Å². The van der Waals surface area contributed by atoms with E-state index >= 15 is 0 Å². The van der Waals surface area contributed by atoms with Crippen molar-refractivity contribution in [2.45, 2.75) is 18.6 Å². The average molecular weight is 382 g/mol. The van der Waals surface area contributed by atoms with Crippen molar-refractivity contribution in [3.63, 3.8) is 0 Å². The van der Waals surface area contributed by atoms with Crippen LogP contribution in [0.25, 0.3) is 0 Å². The Morgan fingerprint density at radius 3 is 2.87 bits per heavy atom. The van der Waals surface area contributed by atoms with Crippen molar-refractivity contribution in [1.82, 2.24) is 10.2 Å². The fraction of sp³-hybridized carbons (Fsp3) is 0.533. The van der Waals surface area contributed by atoms with Crippen LogP contribution >= 0.6 is 35.6 Å². The van der Waals surface area contributed by atoms with Gasteiger partial charge in [-0.05, 0) is 12.1 Å². The van der Waals surface area contributed by atoms with Crippen molar-refractivity contribution in [2.24, 2.45) is 0 Å². The fourth-order valence-electron chi connectivity index (χ4n) is 2.69. The van der Waals surface area contributed by atoms with Crippen LogP contribution in [0.5, 0.6) is 5.75 Å². The summed E-state index contributed by atoms with van der Waals surface area (Å²) in [6.07, 6.45) is 0.391. The lowest BCUT2D eigenvalue weighted by Gasteiger charge is -2.27. The Hall–Kier alpha value is -0.720. The molecule has 1 aromatic rings. The van der Waals surface area contributed by atoms with Crippen LogP contribution in [0.2, 0.25) is 10.0 Å². The molecule has 23 heavy (non-hydrogen) atoms. The highest BCUT2D eigenvalue weighted by molar-refractivity contribution is 6.42. The molecule has 0 spiro atoms. The average Bonchev–Trinajstić information content (AvgIpc) is 2.99. The van der Waals surface area contributed by atoms with Gasteiger partial charge in [0.2, 0.25) is 0 Å². The van der Waals surface area contributed by atoms with Crippen LogP contribution in [0.3, 0.4) is 0 Å². The molecule has 2 aliphatic heterocycles. The minimum Gasteiger partial charge on any atom is -0.488 e. The zero-order chi connectivity index (χ0) is 15.5. The molecule has 0 aliphatic carbocycles. The number of hydrogen-bond acceptors (Lipinski definition) is 4. The zero-order valence-electron chi connectivity index (χ0n) is 12.5. The lowest BCUT2D eigenvalue weighted by Crippen LogP contribution is -2.49. The second-order valence-corrected chi connectivity index (χ2v) is 6.27. The number of likely N-dealkylation sites (tertiary alicyclic amines) is 1. The van der Waals surface area contributed by atoms with Gasteiger partial charge in [-0.15, -0.1) is 12.4 Å². The number of benzene rings is 1. The SMILES string of the molecule is Cl.O=C(C1CNCCO1)N1CCC(Oc2ccc(Cl)c(Cl)c2)C1. The Morgan fingerprint density at radius 2 is 2.17 bits per heavy atom. The third-order valence-electron chi connectivity index (χ3n) is 3.85. The maximum absolute atomic E-state index is 12.4. The van der Waals surface area contributed by atoms with Gasteiger partial charge in [0, 0.05) is 32.1 Å². The molecular formula is C15H19Cl3N2O3. The number of morpholine rings is 1. The van der Waals surface area contributed by atoms with Crippen LogP contribution in [0, 0.1) is 0 Å². The van der Waals surface area contributed by atoms with Crippen molar-refractivity contribution in [2.75, 3.05) is 32.8 Å². The monoisotopic (exact) mass is 380 g/mol. The summed E-state index contributed by atoms with van der Waals surface area (Å²) < 4.78 is 11.4. The molecule has 0 bridgehead atoms. The quantitative estimate of drug-likeness (QED) is 0.873. The van der Waals surface area contributed by atoms with Crippen molar-refractivity contribution in [3.8, 4) is 5.75 Å². The van der Waals surface area contributed by atoms with Gasteiger partial charge in [-0.25, -0.2) is 0 Å². The second-order valence-electron chi connectivity index (χ2n) is 5.45. The standard InChI is InChI=1S/C15H18Cl2N2O3.ClH/c16-12-2-1-10(7-13(12)17)22-11-3-5-19(9-11)15(20)14-8-18-4-6-21-14;/h1-2,7,11,14,18H,3-6,8-9H2;1H. The van der Waals surface area contributed by atoms with Gasteiger partial charge in [0.1, 0.15) is 18.0 Å². The van der Waals surface area contributed by atoms with Gasteiger partial charge in [-0.1, -0.05) is 23.2 Å². The van der Waals surface area contributed by atoms with E-state index in [1.807, 2.05) is 0 Å².